The molecule has 2 heterocycles. The van der Waals surface area contributed by atoms with Gasteiger partial charge in [-0.1, -0.05) is 0 Å². The van der Waals surface area contributed by atoms with Crippen molar-refractivity contribution in [1.29, 1.82) is 0 Å². The molecule has 1 N–H and O–H groups in total. The summed E-state index contributed by atoms with van der Waals surface area (Å²) in [5, 5.41) is 3.52. The molecule has 0 spiro atoms. The quantitative estimate of drug-likeness (QED) is 0.814. The maximum Gasteiger partial charge on any atom is 0.126 e. The SMILES string of the molecule is Cc1cc2nc(C3CCCN3)n(C)c2cc1C. The lowest BCUT2D eigenvalue weighted by Gasteiger charge is -2.09. The molecule has 3 rings (SSSR count). The van der Waals surface area contributed by atoms with Gasteiger partial charge in [0.25, 0.3) is 0 Å². The van der Waals surface area contributed by atoms with Crippen molar-refractivity contribution < 1.29 is 0 Å². The standard InChI is InChI=1S/C14H19N3/c1-9-7-12-13(8-10(9)2)17(3)14(16-12)11-5-4-6-15-11/h7-8,11,15H,4-6H2,1-3H3. The van der Waals surface area contributed by atoms with E-state index >= 15 is 0 Å². The molecule has 0 radical (unpaired) electrons. The number of nitrogens with one attached hydrogen (secondary N) is 1. The van der Waals surface area contributed by atoms with Crippen LogP contribution in [0.15, 0.2) is 12.1 Å². The highest BCUT2D eigenvalue weighted by Gasteiger charge is 2.21. The maximum atomic E-state index is 4.80. The molecule has 1 aliphatic heterocycles. The number of rotatable bonds is 1. The molecule has 0 amide bonds. The first-order valence-corrected chi connectivity index (χ1v) is 6.34. The molecule has 17 heavy (non-hydrogen) atoms. The average molecular weight is 229 g/mol. The minimum Gasteiger partial charge on any atom is -0.330 e. The molecule has 0 bridgehead atoms. The molecule has 1 aromatic heterocycles. The summed E-state index contributed by atoms with van der Waals surface area (Å²) in [5.74, 6) is 1.18. The van der Waals surface area contributed by atoms with Crippen molar-refractivity contribution in [2.24, 2.45) is 7.05 Å². The molecule has 1 atom stereocenters. The van der Waals surface area contributed by atoms with E-state index in [2.05, 4.69) is 42.9 Å². The molecule has 0 aliphatic carbocycles. The van der Waals surface area contributed by atoms with Crippen molar-refractivity contribution in [3.63, 3.8) is 0 Å². The second-order valence-corrected chi connectivity index (χ2v) is 5.10. The van der Waals surface area contributed by atoms with Crippen LogP contribution in [0.2, 0.25) is 0 Å². The summed E-state index contributed by atoms with van der Waals surface area (Å²) in [6.45, 7) is 5.43. The van der Waals surface area contributed by atoms with Gasteiger partial charge in [0.2, 0.25) is 0 Å². The molecule has 0 saturated carbocycles. The van der Waals surface area contributed by atoms with Gasteiger partial charge in [0.1, 0.15) is 5.82 Å². The van der Waals surface area contributed by atoms with Crippen LogP contribution in [-0.2, 0) is 7.05 Å². The molecule has 1 saturated heterocycles. The molecule has 3 heteroatoms. The summed E-state index contributed by atoms with van der Waals surface area (Å²) >= 11 is 0. The molecule has 1 unspecified atom stereocenters. The normalized spacial score (nSPS) is 20.3. The topological polar surface area (TPSA) is 29.9 Å². The highest BCUT2D eigenvalue weighted by Crippen LogP contribution is 2.26. The zero-order chi connectivity index (χ0) is 12.0. The van der Waals surface area contributed by atoms with Gasteiger partial charge in [0, 0.05) is 7.05 Å². The lowest BCUT2D eigenvalue weighted by Crippen LogP contribution is -2.16. The number of benzene rings is 1. The minimum atomic E-state index is 0.438. The molecular weight excluding hydrogens is 210 g/mol. The molecular formula is C14H19N3. The van der Waals surface area contributed by atoms with Gasteiger partial charge >= 0.3 is 0 Å². The van der Waals surface area contributed by atoms with Crippen molar-refractivity contribution in [3.05, 3.63) is 29.1 Å². The number of hydrogen-bond acceptors (Lipinski definition) is 2. The van der Waals surface area contributed by atoms with Gasteiger partial charge in [0.05, 0.1) is 17.1 Å². The van der Waals surface area contributed by atoms with Gasteiger partial charge in [-0.05, 0) is 56.5 Å². The van der Waals surface area contributed by atoms with E-state index in [4.69, 9.17) is 4.98 Å². The van der Waals surface area contributed by atoms with Crippen molar-refractivity contribution in [2.75, 3.05) is 6.54 Å². The van der Waals surface area contributed by atoms with E-state index in [0.717, 1.165) is 12.1 Å². The van der Waals surface area contributed by atoms with Gasteiger partial charge in [-0.15, -0.1) is 0 Å². The van der Waals surface area contributed by atoms with E-state index in [1.165, 1.54) is 35.3 Å². The Labute approximate surface area is 102 Å². The molecule has 1 aliphatic rings. The van der Waals surface area contributed by atoms with Crippen molar-refractivity contribution in [2.45, 2.75) is 32.7 Å². The fourth-order valence-electron chi connectivity index (χ4n) is 2.68. The second-order valence-electron chi connectivity index (χ2n) is 5.10. The Morgan fingerprint density at radius 2 is 2.06 bits per heavy atom. The Morgan fingerprint density at radius 1 is 1.29 bits per heavy atom. The number of aromatic nitrogens is 2. The molecule has 1 aromatic carbocycles. The fourth-order valence-corrected chi connectivity index (χ4v) is 2.68. The Kier molecular flexibility index (Phi) is 2.44. The highest BCUT2D eigenvalue weighted by atomic mass is 15.1. The van der Waals surface area contributed by atoms with Crippen molar-refractivity contribution in [3.8, 4) is 0 Å². The van der Waals surface area contributed by atoms with Gasteiger partial charge in [0.15, 0.2) is 0 Å². The van der Waals surface area contributed by atoms with E-state index in [-0.39, 0.29) is 0 Å². The maximum absolute atomic E-state index is 4.80. The number of aryl methyl sites for hydroxylation is 3. The van der Waals surface area contributed by atoms with E-state index in [1.807, 2.05) is 0 Å². The summed E-state index contributed by atoms with van der Waals surface area (Å²) in [4.78, 5) is 4.80. The lowest BCUT2D eigenvalue weighted by atomic mass is 10.1. The third kappa shape index (κ3) is 1.65. The van der Waals surface area contributed by atoms with Gasteiger partial charge in [-0.2, -0.15) is 0 Å². The lowest BCUT2D eigenvalue weighted by molar-refractivity contribution is 0.584. The minimum absolute atomic E-state index is 0.438. The van der Waals surface area contributed by atoms with E-state index in [9.17, 15) is 0 Å². The van der Waals surface area contributed by atoms with Crippen LogP contribution in [0.1, 0.15) is 35.8 Å². The summed E-state index contributed by atoms with van der Waals surface area (Å²) < 4.78 is 2.24. The van der Waals surface area contributed by atoms with E-state index in [1.54, 1.807) is 0 Å². The first-order chi connectivity index (χ1) is 8.16. The largest absolute Gasteiger partial charge is 0.330 e. The Morgan fingerprint density at radius 3 is 2.76 bits per heavy atom. The third-order valence-electron chi connectivity index (χ3n) is 3.90. The number of imidazole rings is 1. The van der Waals surface area contributed by atoms with Crippen LogP contribution in [0, 0.1) is 13.8 Å². The summed E-state index contributed by atoms with van der Waals surface area (Å²) in [6.07, 6.45) is 2.46. The molecule has 90 valence electrons. The Hall–Kier alpha value is -1.35. The first kappa shape index (κ1) is 10.8. The third-order valence-corrected chi connectivity index (χ3v) is 3.90. The second kappa shape index (κ2) is 3.84. The predicted molar refractivity (Wildman–Crippen MR) is 70.2 cm³/mol. The van der Waals surface area contributed by atoms with Crippen LogP contribution < -0.4 is 5.32 Å². The van der Waals surface area contributed by atoms with Crippen LogP contribution >= 0.6 is 0 Å². The highest BCUT2D eigenvalue weighted by molar-refractivity contribution is 5.78. The number of hydrogen-bond donors (Lipinski definition) is 1. The zero-order valence-electron chi connectivity index (χ0n) is 10.7. The van der Waals surface area contributed by atoms with Gasteiger partial charge in [-0.3, -0.25) is 0 Å². The number of nitrogens with zero attached hydrogens (tertiary/aromatic N) is 2. The predicted octanol–water partition coefficient (Wildman–Crippen LogP) is 2.61. The van der Waals surface area contributed by atoms with Gasteiger partial charge < -0.3 is 9.88 Å². The van der Waals surface area contributed by atoms with Crippen molar-refractivity contribution in [1.82, 2.24) is 14.9 Å². The monoisotopic (exact) mass is 229 g/mol. The van der Waals surface area contributed by atoms with Crippen LogP contribution in [0.3, 0.4) is 0 Å². The summed E-state index contributed by atoms with van der Waals surface area (Å²) in [5.41, 5.74) is 5.03. The zero-order valence-corrected chi connectivity index (χ0v) is 10.7. The Balaban J connectivity index is 2.17. The van der Waals surface area contributed by atoms with Crippen LogP contribution in [0.4, 0.5) is 0 Å². The van der Waals surface area contributed by atoms with E-state index < -0.39 is 0 Å². The van der Waals surface area contributed by atoms with Crippen molar-refractivity contribution >= 4 is 11.0 Å². The Bertz CT molecular complexity index is 562. The summed E-state index contributed by atoms with van der Waals surface area (Å²) in [7, 11) is 2.12. The fraction of sp³-hybridized carbons (Fsp3) is 0.500. The van der Waals surface area contributed by atoms with Crippen LogP contribution in [-0.4, -0.2) is 16.1 Å². The molecule has 2 aromatic rings. The molecule has 3 nitrogen and oxygen atoms in total. The summed E-state index contributed by atoms with van der Waals surface area (Å²) in [6, 6.07) is 4.88. The van der Waals surface area contributed by atoms with E-state index in [0.29, 0.717) is 6.04 Å². The molecule has 1 fully saturated rings. The van der Waals surface area contributed by atoms with Crippen LogP contribution in [0.25, 0.3) is 11.0 Å². The van der Waals surface area contributed by atoms with Gasteiger partial charge in [-0.25, -0.2) is 4.98 Å². The van der Waals surface area contributed by atoms with Crippen LogP contribution in [0.5, 0.6) is 0 Å². The average Bonchev–Trinajstić information content (AvgIpc) is 2.90. The smallest absolute Gasteiger partial charge is 0.126 e. The first-order valence-electron chi connectivity index (χ1n) is 6.34. The number of fused-ring (bicyclic) bond motifs is 1.